The summed E-state index contributed by atoms with van der Waals surface area (Å²) in [5.41, 5.74) is 1.58. The number of H-pyrrole nitrogens is 1. The molecule has 0 amide bonds. The summed E-state index contributed by atoms with van der Waals surface area (Å²) >= 11 is 0. The van der Waals surface area contributed by atoms with Crippen molar-refractivity contribution in [2.24, 2.45) is 0 Å². The van der Waals surface area contributed by atoms with Crippen LogP contribution in [0.4, 0.5) is 27.5 Å². The van der Waals surface area contributed by atoms with Crippen molar-refractivity contribution in [2.45, 2.75) is 18.8 Å². The van der Waals surface area contributed by atoms with Crippen LogP contribution < -0.4 is 20.9 Å². The van der Waals surface area contributed by atoms with Crippen molar-refractivity contribution in [3.8, 4) is 5.88 Å². The lowest BCUT2D eigenvalue weighted by Gasteiger charge is -2.22. The minimum absolute atomic E-state index is 0.0145. The predicted octanol–water partition coefficient (Wildman–Crippen LogP) is 4.53. The molecule has 4 heterocycles. The van der Waals surface area contributed by atoms with E-state index in [1.54, 1.807) is 13.2 Å². The highest BCUT2D eigenvalue weighted by molar-refractivity contribution is 5.70. The Labute approximate surface area is 195 Å². The molecule has 3 N–H and O–H groups in total. The van der Waals surface area contributed by atoms with Gasteiger partial charge >= 0.3 is 0 Å². The zero-order valence-electron chi connectivity index (χ0n) is 18.7. The van der Waals surface area contributed by atoms with Crippen molar-refractivity contribution in [3.63, 3.8) is 0 Å². The van der Waals surface area contributed by atoms with Crippen LogP contribution in [0.25, 0.3) is 11.9 Å². The van der Waals surface area contributed by atoms with Gasteiger partial charge in [-0.1, -0.05) is 19.2 Å². The number of pyridine rings is 2. The molecule has 34 heavy (non-hydrogen) atoms. The number of aromatic amines is 1. The second-order valence-electron chi connectivity index (χ2n) is 7.65. The van der Waals surface area contributed by atoms with Gasteiger partial charge in [0.05, 0.1) is 12.8 Å². The van der Waals surface area contributed by atoms with Gasteiger partial charge in [0.25, 0.3) is 5.56 Å². The summed E-state index contributed by atoms with van der Waals surface area (Å²) in [6, 6.07) is 6.91. The highest BCUT2D eigenvalue weighted by Crippen LogP contribution is 2.31. The molecule has 0 aromatic carbocycles. The molecule has 1 aliphatic heterocycles. The van der Waals surface area contributed by atoms with Crippen molar-refractivity contribution in [2.75, 3.05) is 31.0 Å². The van der Waals surface area contributed by atoms with Crippen LogP contribution in [0.2, 0.25) is 0 Å². The Hall–Kier alpha value is -4.05. The van der Waals surface area contributed by atoms with E-state index >= 15 is 0 Å². The number of hydrogen-bond donors (Lipinski definition) is 3. The summed E-state index contributed by atoms with van der Waals surface area (Å²) in [7, 11) is 1.55. The topological polar surface area (TPSA) is 114 Å². The second-order valence-corrected chi connectivity index (χ2v) is 7.65. The van der Waals surface area contributed by atoms with Gasteiger partial charge in [0.1, 0.15) is 23.0 Å². The number of anilines is 4. The van der Waals surface area contributed by atoms with Crippen LogP contribution in [0, 0.1) is 0 Å². The molecule has 3 aromatic rings. The number of hydrogen-bond acceptors (Lipinski definition) is 8. The standard InChI is InChI=1S/C24H25FN6O3/c1-4-15-13-19(22(32)31-21(15)14(2)25)27-20-7-10-26-24(30-20)29-18-6-5-17(28-23(18)33-3)16-8-11-34-12-9-16/h4-7,10,13,16H,1-2,8-9,11-12H2,3H3,(H,31,32)(H2,26,27,29,30). The molecule has 4 rings (SSSR count). The van der Waals surface area contributed by atoms with Crippen LogP contribution in [-0.2, 0) is 4.74 Å². The molecule has 10 heteroatoms. The van der Waals surface area contributed by atoms with E-state index in [0.717, 1.165) is 31.7 Å². The van der Waals surface area contributed by atoms with Gasteiger partial charge in [-0.3, -0.25) is 4.79 Å². The molecule has 1 saturated heterocycles. The normalized spacial score (nSPS) is 13.8. The maximum atomic E-state index is 13.6. The Morgan fingerprint density at radius 3 is 2.74 bits per heavy atom. The third-order valence-electron chi connectivity index (χ3n) is 5.44. The summed E-state index contributed by atoms with van der Waals surface area (Å²) in [5.74, 6) is 0.645. The lowest BCUT2D eigenvalue weighted by Crippen LogP contribution is -2.15. The van der Waals surface area contributed by atoms with Crippen LogP contribution in [0.5, 0.6) is 5.88 Å². The van der Waals surface area contributed by atoms with Crippen LogP contribution >= 0.6 is 0 Å². The molecule has 0 atom stereocenters. The number of ether oxygens (including phenoxy) is 2. The maximum absolute atomic E-state index is 13.6. The van der Waals surface area contributed by atoms with Crippen molar-refractivity contribution < 1.29 is 13.9 Å². The first-order valence-corrected chi connectivity index (χ1v) is 10.7. The maximum Gasteiger partial charge on any atom is 0.272 e. The molecule has 0 saturated carbocycles. The smallest absolute Gasteiger partial charge is 0.272 e. The molecule has 1 fully saturated rings. The number of halogens is 1. The number of nitrogens with zero attached hydrogens (tertiary/aromatic N) is 3. The van der Waals surface area contributed by atoms with Gasteiger partial charge in [0, 0.05) is 36.6 Å². The Kier molecular flexibility index (Phi) is 6.98. The average Bonchev–Trinajstić information content (AvgIpc) is 2.86. The van der Waals surface area contributed by atoms with E-state index in [-0.39, 0.29) is 17.3 Å². The molecule has 0 spiro atoms. The molecule has 0 unspecified atom stereocenters. The average molecular weight is 465 g/mol. The highest BCUT2D eigenvalue weighted by atomic mass is 19.1. The van der Waals surface area contributed by atoms with Crippen molar-refractivity contribution in [3.05, 3.63) is 70.9 Å². The van der Waals surface area contributed by atoms with Gasteiger partial charge in [-0.15, -0.1) is 0 Å². The summed E-state index contributed by atoms with van der Waals surface area (Å²) in [5, 5.41) is 6.03. The van der Waals surface area contributed by atoms with Crippen molar-refractivity contribution >= 4 is 35.0 Å². The lowest BCUT2D eigenvalue weighted by molar-refractivity contribution is 0.0844. The minimum atomic E-state index is -0.752. The van der Waals surface area contributed by atoms with Crippen molar-refractivity contribution in [1.82, 2.24) is 19.9 Å². The van der Waals surface area contributed by atoms with E-state index < -0.39 is 11.4 Å². The molecule has 1 aliphatic rings. The van der Waals surface area contributed by atoms with E-state index in [9.17, 15) is 9.18 Å². The van der Waals surface area contributed by atoms with E-state index in [1.165, 1.54) is 18.3 Å². The first kappa shape index (κ1) is 23.1. The van der Waals surface area contributed by atoms with Gasteiger partial charge in [0.2, 0.25) is 11.8 Å². The lowest BCUT2D eigenvalue weighted by atomic mass is 9.96. The summed E-state index contributed by atoms with van der Waals surface area (Å²) < 4.78 is 24.5. The number of rotatable bonds is 8. The molecular formula is C24H25FN6O3. The van der Waals surface area contributed by atoms with Gasteiger partial charge in [-0.2, -0.15) is 4.98 Å². The summed E-state index contributed by atoms with van der Waals surface area (Å²) in [4.78, 5) is 28.1. The third kappa shape index (κ3) is 5.12. The van der Waals surface area contributed by atoms with E-state index in [2.05, 4.69) is 43.7 Å². The number of nitrogens with one attached hydrogen (secondary N) is 3. The zero-order chi connectivity index (χ0) is 24.1. The summed E-state index contributed by atoms with van der Waals surface area (Å²) in [6.45, 7) is 8.33. The Morgan fingerprint density at radius 2 is 2.03 bits per heavy atom. The first-order chi connectivity index (χ1) is 16.5. The highest BCUT2D eigenvalue weighted by Gasteiger charge is 2.19. The van der Waals surface area contributed by atoms with Gasteiger partial charge in [-0.05, 0) is 37.1 Å². The quantitative estimate of drug-likeness (QED) is 0.445. The predicted molar refractivity (Wildman–Crippen MR) is 129 cm³/mol. The molecule has 9 nitrogen and oxygen atoms in total. The summed E-state index contributed by atoms with van der Waals surface area (Å²) in [6.07, 6.45) is 4.81. The van der Waals surface area contributed by atoms with E-state index in [0.29, 0.717) is 28.9 Å². The molecule has 0 bridgehead atoms. The van der Waals surface area contributed by atoms with Crippen LogP contribution in [0.3, 0.4) is 0 Å². The Bertz CT molecular complexity index is 1270. The fourth-order valence-electron chi connectivity index (χ4n) is 3.70. The molecule has 176 valence electrons. The minimum Gasteiger partial charge on any atom is -0.480 e. The fourth-order valence-corrected chi connectivity index (χ4v) is 3.70. The Balaban J connectivity index is 1.55. The molecule has 0 aliphatic carbocycles. The number of aromatic nitrogens is 4. The zero-order valence-corrected chi connectivity index (χ0v) is 18.7. The molecular weight excluding hydrogens is 439 g/mol. The largest absolute Gasteiger partial charge is 0.480 e. The number of methoxy groups -OCH3 is 1. The first-order valence-electron chi connectivity index (χ1n) is 10.7. The second kappa shape index (κ2) is 10.3. The van der Waals surface area contributed by atoms with Gasteiger partial charge in [-0.25, -0.2) is 14.4 Å². The van der Waals surface area contributed by atoms with Crippen molar-refractivity contribution in [1.29, 1.82) is 0 Å². The Morgan fingerprint density at radius 1 is 1.24 bits per heavy atom. The van der Waals surface area contributed by atoms with Crippen LogP contribution in [-0.4, -0.2) is 40.3 Å². The van der Waals surface area contributed by atoms with E-state index in [4.69, 9.17) is 9.47 Å². The molecule has 0 radical (unpaired) electrons. The molecule has 3 aromatic heterocycles. The van der Waals surface area contributed by atoms with Gasteiger partial charge < -0.3 is 25.1 Å². The monoisotopic (exact) mass is 464 g/mol. The van der Waals surface area contributed by atoms with E-state index in [1.807, 2.05) is 12.1 Å². The van der Waals surface area contributed by atoms with Crippen LogP contribution in [0.1, 0.15) is 35.7 Å². The van der Waals surface area contributed by atoms with Gasteiger partial charge in [0.15, 0.2) is 0 Å². The van der Waals surface area contributed by atoms with Crippen LogP contribution in [0.15, 0.2) is 48.4 Å². The fraction of sp³-hybridized carbons (Fsp3) is 0.250. The third-order valence-corrected chi connectivity index (χ3v) is 5.44. The SMILES string of the molecule is C=Cc1cc(Nc2ccnc(Nc3ccc(C4CCOCC4)nc3OC)n2)c(=O)[nH]c1C(=C)F.